The summed E-state index contributed by atoms with van der Waals surface area (Å²) in [6, 6.07) is 0.176. The number of nitrogens with zero attached hydrogens (tertiary/aromatic N) is 5. The molecule has 1 aliphatic carbocycles. The molecule has 2 aromatic heterocycles. The lowest BCUT2D eigenvalue weighted by Crippen LogP contribution is -2.26. The highest BCUT2D eigenvalue weighted by molar-refractivity contribution is 6.29. The lowest BCUT2D eigenvalue weighted by molar-refractivity contribution is 0.106. The first-order chi connectivity index (χ1) is 11.2. The van der Waals surface area contributed by atoms with Crippen molar-refractivity contribution in [1.29, 1.82) is 0 Å². The molecule has 2 fully saturated rings. The van der Waals surface area contributed by atoms with E-state index in [0.717, 1.165) is 30.4 Å². The van der Waals surface area contributed by atoms with Crippen molar-refractivity contribution in [2.24, 2.45) is 7.05 Å². The van der Waals surface area contributed by atoms with Crippen LogP contribution in [0.1, 0.15) is 48.7 Å². The fraction of sp³-hybridized carbons (Fsp3) is 0.667. The van der Waals surface area contributed by atoms with Gasteiger partial charge in [-0.2, -0.15) is 5.10 Å². The lowest BCUT2D eigenvalue weighted by atomic mass is 10.2. The molecule has 0 bridgehead atoms. The van der Waals surface area contributed by atoms with Crippen LogP contribution in [0.2, 0.25) is 5.15 Å². The van der Waals surface area contributed by atoms with E-state index in [1.165, 1.54) is 12.8 Å². The predicted octanol–water partition coefficient (Wildman–Crippen LogP) is 2.03. The number of ether oxygens (including phenoxy) is 1. The van der Waals surface area contributed by atoms with E-state index in [2.05, 4.69) is 20.1 Å². The number of likely N-dealkylation sites (tertiary alicyclic amines) is 1. The van der Waals surface area contributed by atoms with Gasteiger partial charge < -0.3 is 9.30 Å². The Balaban J connectivity index is 1.56. The van der Waals surface area contributed by atoms with Crippen LogP contribution in [0.15, 0.2) is 6.20 Å². The van der Waals surface area contributed by atoms with Gasteiger partial charge in [0.15, 0.2) is 5.82 Å². The van der Waals surface area contributed by atoms with Crippen molar-refractivity contribution in [1.82, 2.24) is 29.6 Å². The maximum Gasteiger partial charge on any atom is 0.153 e. The molecule has 0 unspecified atom stereocenters. The quantitative estimate of drug-likeness (QED) is 0.904. The molecule has 3 heterocycles. The average Bonchev–Trinajstić information content (AvgIpc) is 3.02. The summed E-state index contributed by atoms with van der Waals surface area (Å²) in [7, 11) is 3.70. The van der Waals surface area contributed by atoms with Gasteiger partial charge in [-0.25, -0.2) is 9.97 Å². The van der Waals surface area contributed by atoms with Crippen molar-refractivity contribution in [2.75, 3.05) is 13.7 Å². The van der Waals surface area contributed by atoms with Crippen LogP contribution in [0.3, 0.4) is 0 Å². The smallest absolute Gasteiger partial charge is 0.153 e. The molecule has 0 amide bonds. The number of H-pyrrole nitrogens is 1. The van der Waals surface area contributed by atoms with Gasteiger partial charge >= 0.3 is 0 Å². The van der Waals surface area contributed by atoms with Gasteiger partial charge in [0.25, 0.3) is 0 Å². The van der Waals surface area contributed by atoms with Crippen LogP contribution < -0.4 is 0 Å². The molecule has 4 rings (SSSR count). The topological polar surface area (TPSA) is 71.9 Å². The van der Waals surface area contributed by atoms with Crippen molar-refractivity contribution in [3.05, 3.63) is 28.8 Å². The van der Waals surface area contributed by atoms with Crippen molar-refractivity contribution < 1.29 is 4.74 Å². The summed E-state index contributed by atoms with van der Waals surface area (Å²) in [5, 5.41) is 8.18. The Labute approximate surface area is 140 Å². The second kappa shape index (κ2) is 5.89. The zero-order valence-electron chi connectivity index (χ0n) is 13.4. The molecule has 8 heteroatoms. The Bertz CT molecular complexity index is 694. The Morgan fingerprint density at radius 3 is 2.91 bits per heavy atom. The van der Waals surface area contributed by atoms with E-state index >= 15 is 0 Å². The summed E-state index contributed by atoms with van der Waals surface area (Å²) < 4.78 is 7.49. The zero-order chi connectivity index (χ0) is 16.0. The number of methoxy groups -OCH3 is 1. The molecule has 124 valence electrons. The molecular weight excluding hydrogens is 316 g/mol. The zero-order valence-corrected chi connectivity index (χ0v) is 14.1. The molecule has 0 spiro atoms. The van der Waals surface area contributed by atoms with Crippen molar-refractivity contribution in [3.63, 3.8) is 0 Å². The number of imidazole rings is 1. The van der Waals surface area contributed by atoms with Crippen LogP contribution in [-0.2, 0) is 18.3 Å². The van der Waals surface area contributed by atoms with E-state index < -0.39 is 0 Å². The molecule has 7 nitrogen and oxygen atoms in total. The number of nitrogens with one attached hydrogen (secondary N) is 1. The van der Waals surface area contributed by atoms with Crippen LogP contribution in [-0.4, -0.2) is 49.4 Å². The van der Waals surface area contributed by atoms with Crippen molar-refractivity contribution in [2.45, 2.75) is 43.9 Å². The first-order valence-electron chi connectivity index (χ1n) is 8.01. The van der Waals surface area contributed by atoms with Gasteiger partial charge in [0.2, 0.25) is 0 Å². The number of halogens is 1. The SMILES string of the molecule is CO[C@@H]1C[C@@H](c2nc(C3CC3)n[nH]2)N(Cc2ncc(Cl)n2C)C1. The Kier molecular flexibility index (Phi) is 3.87. The van der Waals surface area contributed by atoms with Gasteiger partial charge in [0, 0.05) is 26.6 Å². The monoisotopic (exact) mass is 336 g/mol. The predicted molar refractivity (Wildman–Crippen MR) is 85.1 cm³/mol. The third-order valence-corrected chi connectivity index (χ3v) is 5.20. The minimum atomic E-state index is 0.176. The molecule has 1 N–H and O–H groups in total. The van der Waals surface area contributed by atoms with Gasteiger partial charge in [-0.15, -0.1) is 0 Å². The summed E-state index contributed by atoms with van der Waals surface area (Å²) in [6.45, 7) is 1.57. The number of hydrogen-bond acceptors (Lipinski definition) is 5. The fourth-order valence-corrected chi connectivity index (χ4v) is 3.35. The van der Waals surface area contributed by atoms with Gasteiger partial charge in [0.1, 0.15) is 16.8 Å². The summed E-state index contributed by atoms with van der Waals surface area (Å²) in [5.41, 5.74) is 0. The molecule has 1 saturated carbocycles. The highest BCUT2D eigenvalue weighted by Crippen LogP contribution is 2.39. The number of aromatic nitrogens is 5. The maximum absolute atomic E-state index is 6.10. The van der Waals surface area contributed by atoms with Gasteiger partial charge in [-0.05, 0) is 19.3 Å². The summed E-state index contributed by atoms with van der Waals surface area (Å²) in [5.74, 6) is 3.40. The highest BCUT2D eigenvalue weighted by atomic mass is 35.5. The first kappa shape index (κ1) is 15.1. The van der Waals surface area contributed by atoms with E-state index in [0.29, 0.717) is 17.6 Å². The Morgan fingerprint density at radius 2 is 2.26 bits per heavy atom. The van der Waals surface area contributed by atoms with Crippen LogP contribution in [0.5, 0.6) is 0 Å². The van der Waals surface area contributed by atoms with Gasteiger partial charge in [-0.1, -0.05) is 11.6 Å². The first-order valence-corrected chi connectivity index (χ1v) is 8.38. The molecule has 0 radical (unpaired) electrons. The second-order valence-electron chi connectivity index (χ2n) is 6.45. The van der Waals surface area contributed by atoms with Gasteiger partial charge in [-0.3, -0.25) is 10.00 Å². The average molecular weight is 337 g/mol. The number of hydrogen-bond donors (Lipinski definition) is 1. The fourth-order valence-electron chi connectivity index (χ4n) is 3.21. The standard InChI is InChI=1S/C15H21ClN6O/c1-21-12(16)6-17-13(21)8-22-7-10(23-2)5-11(22)15-18-14(19-20-15)9-3-4-9/h6,9-11H,3-5,7-8H2,1-2H3,(H,18,19,20)/t10-,11+/m1/s1. The van der Waals surface area contributed by atoms with E-state index in [9.17, 15) is 0 Å². The molecule has 1 aliphatic heterocycles. The molecule has 0 aromatic carbocycles. The van der Waals surface area contributed by atoms with Crippen LogP contribution in [0, 0.1) is 0 Å². The molecule has 2 aromatic rings. The van der Waals surface area contributed by atoms with Crippen LogP contribution in [0.4, 0.5) is 0 Å². The summed E-state index contributed by atoms with van der Waals surface area (Å²) in [6.07, 6.45) is 5.21. The molecule has 1 saturated heterocycles. The summed E-state index contributed by atoms with van der Waals surface area (Å²) in [4.78, 5) is 11.5. The second-order valence-corrected chi connectivity index (χ2v) is 6.84. The Hall–Kier alpha value is -1.44. The van der Waals surface area contributed by atoms with Crippen molar-refractivity contribution in [3.8, 4) is 0 Å². The number of rotatable bonds is 5. The van der Waals surface area contributed by atoms with E-state index in [4.69, 9.17) is 21.3 Å². The third kappa shape index (κ3) is 2.88. The largest absolute Gasteiger partial charge is 0.380 e. The van der Waals surface area contributed by atoms with E-state index in [1.54, 1.807) is 13.3 Å². The van der Waals surface area contributed by atoms with Crippen molar-refractivity contribution >= 4 is 11.6 Å². The van der Waals surface area contributed by atoms with E-state index in [1.807, 2.05) is 11.6 Å². The highest BCUT2D eigenvalue weighted by Gasteiger charge is 2.37. The third-order valence-electron chi connectivity index (χ3n) is 4.85. The lowest BCUT2D eigenvalue weighted by Gasteiger charge is -2.21. The Morgan fingerprint density at radius 1 is 1.43 bits per heavy atom. The minimum Gasteiger partial charge on any atom is -0.380 e. The van der Waals surface area contributed by atoms with Crippen LogP contribution in [0.25, 0.3) is 0 Å². The summed E-state index contributed by atoms with van der Waals surface area (Å²) >= 11 is 6.10. The molecular formula is C15H21ClN6O. The molecule has 23 heavy (non-hydrogen) atoms. The van der Waals surface area contributed by atoms with Crippen LogP contribution >= 0.6 is 11.6 Å². The minimum absolute atomic E-state index is 0.176. The molecule has 2 aliphatic rings. The molecule has 2 atom stereocenters. The number of aromatic amines is 1. The normalized spacial score (nSPS) is 25.3. The van der Waals surface area contributed by atoms with E-state index in [-0.39, 0.29) is 12.1 Å². The van der Waals surface area contributed by atoms with Gasteiger partial charge in [0.05, 0.1) is 24.9 Å². The maximum atomic E-state index is 6.10.